The molecule has 2 fully saturated rings. The van der Waals surface area contributed by atoms with E-state index in [4.69, 9.17) is 15.6 Å². The lowest BCUT2D eigenvalue weighted by Gasteiger charge is -2.33. The van der Waals surface area contributed by atoms with Gasteiger partial charge >= 0.3 is 0 Å². The molecule has 14 nitrogen and oxygen atoms in total. The summed E-state index contributed by atoms with van der Waals surface area (Å²) < 4.78 is 23.0. The summed E-state index contributed by atoms with van der Waals surface area (Å²) in [4.78, 5) is 75.4. The van der Waals surface area contributed by atoms with Crippen LogP contribution in [0, 0.1) is 5.82 Å². The van der Waals surface area contributed by atoms with Crippen LogP contribution in [0.1, 0.15) is 84.5 Å². The molecule has 0 saturated carbocycles. The van der Waals surface area contributed by atoms with E-state index in [9.17, 15) is 24.0 Å². The van der Waals surface area contributed by atoms with Crippen molar-refractivity contribution in [2.45, 2.75) is 74.8 Å². The number of thioether (sulfide) groups is 1. The van der Waals surface area contributed by atoms with Crippen molar-refractivity contribution in [1.82, 2.24) is 34.9 Å². The largest absolute Gasteiger partial charge is 0.457 e. The molecule has 5 amide bonds. The molecule has 16 heteroatoms. The van der Waals surface area contributed by atoms with Gasteiger partial charge in [0.05, 0.1) is 22.6 Å². The predicted molar refractivity (Wildman–Crippen MR) is 213 cm³/mol. The van der Waals surface area contributed by atoms with Gasteiger partial charge in [-0.25, -0.2) is 19.0 Å². The summed E-state index contributed by atoms with van der Waals surface area (Å²) in [5.74, 6) is -1.12. The number of ether oxygens (including phenoxy) is 1. The average molecular weight is 805 g/mol. The Morgan fingerprint density at radius 3 is 2.50 bits per heavy atom. The Balaban J connectivity index is 0.822. The molecule has 8 rings (SSSR count). The van der Waals surface area contributed by atoms with Crippen LogP contribution < -0.4 is 15.8 Å². The number of unbranched alkanes of at least 4 members (excludes halogenated alkanes) is 3. The number of rotatable bonds is 13. The number of anilines is 1. The molecule has 3 aliphatic heterocycles. The maximum atomic E-state index is 15.1. The minimum Gasteiger partial charge on any atom is -0.457 e. The normalized spacial score (nSPS) is 18.2. The number of piperidine rings is 2. The number of carbonyl (C=O) groups is 5. The number of fused-ring (bicyclic) bond motifs is 2. The summed E-state index contributed by atoms with van der Waals surface area (Å²) in [5.41, 5.74) is 8.11. The van der Waals surface area contributed by atoms with E-state index in [2.05, 4.69) is 15.3 Å². The van der Waals surface area contributed by atoms with Crippen molar-refractivity contribution in [2.24, 2.45) is 0 Å². The van der Waals surface area contributed by atoms with Crippen molar-refractivity contribution >= 4 is 58.1 Å². The zero-order chi connectivity index (χ0) is 40.3. The van der Waals surface area contributed by atoms with Crippen molar-refractivity contribution in [3.63, 3.8) is 0 Å². The van der Waals surface area contributed by atoms with E-state index >= 15 is 4.39 Å². The maximum absolute atomic E-state index is 15.1. The van der Waals surface area contributed by atoms with Gasteiger partial charge in [0, 0.05) is 36.4 Å². The summed E-state index contributed by atoms with van der Waals surface area (Å²) in [5, 5.41) is 7.82. The van der Waals surface area contributed by atoms with Crippen molar-refractivity contribution in [2.75, 3.05) is 24.6 Å². The van der Waals surface area contributed by atoms with Crippen LogP contribution in [0.2, 0.25) is 0 Å². The molecule has 3 aliphatic rings. The first-order chi connectivity index (χ1) is 28.2. The molecule has 2 aromatic heterocycles. The monoisotopic (exact) mass is 804 g/mol. The Kier molecular flexibility index (Phi) is 11.2. The molecular weight excluding hydrogens is 764 g/mol. The molecule has 3 aromatic carbocycles. The number of carbonyl (C=O) groups excluding carboxylic acids is 5. The quantitative estimate of drug-likeness (QED) is 0.0773. The third-order valence-electron chi connectivity index (χ3n) is 10.7. The van der Waals surface area contributed by atoms with Crippen LogP contribution >= 0.6 is 11.8 Å². The van der Waals surface area contributed by atoms with E-state index in [0.717, 1.165) is 54.7 Å². The molecule has 298 valence electrons. The number of hydrogen-bond donors (Lipinski definition) is 2. The lowest BCUT2D eigenvalue weighted by molar-refractivity contribution is -0.136. The number of para-hydroxylation sites is 1. The van der Waals surface area contributed by atoms with E-state index in [1.54, 1.807) is 0 Å². The van der Waals surface area contributed by atoms with Crippen LogP contribution in [0.5, 0.6) is 11.5 Å². The Morgan fingerprint density at radius 2 is 1.71 bits per heavy atom. The van der Waals surface area contributed by atoms with Gasteiger partial charge in [-0.05, 0) is 86.4 Å². The number of amides is 5. The standard InChI is InChI=1S/C42H41FN8O6S/c43-31-22-29(21-30-35(31)42(56)50(41(30)55)32-17-18-33(52)47-40(32)54)58-20-7-2-1-6-12-34(53)49-19-8-9-26(23-49)51-39-36(38(44)45-24-46-39)37(48-51)25-13-15-28(16-14-25)57-27-10-4-3-5-11-27/h3-5,10-11,13-16,21-22,24,26,32H,1-2,6-9,12,17-20,23H2,(H2,44,45,46)(H,47,52,54)/t26-,32?/m1/s1. The van der Waals surface area contributed by atoms with Gasteiger partial charge in [0.1, 0.15) is 41.2 Å². The summed E-state index contributed by atoms with van der Waals surface area (Å²) in [7, 11) is 0. The number of imide groups is 2. The van der Waals surface area contributed by atoms with Crippen LogP contribution in [-0.4, -0.2) is 84.0 Å². The maximum Gasteiger partial charge on any atom is 0.265 e. The first-order valence-corrected chi connectivity index (χ1v) is 20.4. The molecule has 5 heterocycles. The number of benzene rings is 3. The summed E-state index contributed by atoms with van der Waals surface area (Å²) in [6, 6.07) is 18.7. The van der Waals surface area contributed by atoms with E-state index in [1.165, 1.54) is 30.2 Å². The lowest BCUT2D eigenvalue weighted by Crippen LogP contribution is -2.54. The number of nitrogens with one attached hydrogen (secondary N) is 1. The molecule has 5 aromatic rings. The molecule has 1 unspecified atom stereocenters. The third kappa shape index (κ3) is 7.88. The second-order valence-electron chi connectivity index (χ2n) is 14.6. The number of halogens is 1. The van der Waals surface area contributed by atoms with Crippen molar-refractivity contribution < 1.29 is 33.1 Å². The number of hydrogen-bond acceptors (Lipinski definition) is 11. The first kappa shape index (κ1) is 38.7. The summed E-state index contributed by atoms with van der Waals surface area (Å²) in [6.45, 7) is 1.19. The number of aromatic nitrogens is 4. The van der Waals surface area contributed by atoms with Crippen LogP contribution in [0.3, 0.4) is 0 Å². The smallest absolute Gasteiger partial charge is 0.265 e. The summed E-state index contributed by atoms with van der Waals surface area (Å²) >= 11 is 1.38. The highest BCUT2D eigenvalue weighted by atomic mass is 32.2. The first-order valence-electron chi connectivity index (χ1n) is 19.4. The number of nitrogen functional groups attached to an aromatic ring is 1. The number of nitrogens with zero attached hydrogens (tertiary/aromatic N) is 6. The Labute approximate surface area is 337 Å². The molecule has 0 radical (unpaired) electrons. The van der Waals surface area contributed by atoms with Crippen molar-refractivity contribution in [1.29, 1.82) is 0 Å². The molecule has 3 N–H and O–H groups in total. The number of likely N-dealkylation sites (tertiary alicyclic amines) is 1. The predicted octanol–water partition coefficient (Wildman–Crippen LogP) is 6.31. The topological polar surface area (TPSA) is 183 Å². The molecule has 0 aliphatic carbocycles. The summed E-state index contributed by atoms with van der Waals surface area (Å²) in [6.07, 6.45) is 6.75. The fourth-order valence-electron chi connectivity index (χ4n) is 7.82. The van der Waals surface area contributed by atoms with Gasteiger partial charge < -0.3 is 15.4 Å². The van der Waals surface area contributed by atoms with Gasteiger partial charge in [-0.1, -0.05) is 31.0 Å². The van der Waals surface area contributed by atoms with Crippen molar-refractivity contribution in [3.05, 3.63) is 90.0 Å². The molecule has 0 spiro atoms. The Morgan fingerprint density at radius 1 is 0.931 bits per heavy atom. The van der Waals surface area contributed by atoms with E-state index in [1.807, 2.05) is 64.2 Å². The highest BCUT2D eigenvalue weighted by Gasteiger charge is 2.46. The van der Waals surface area contributed by atoms with Crippen LogP contribution in [-0.2, 0) is 14.4 Å². The lowest BCUT2D eigenvalue weighted by atomic mass is 10.0. The second kappa shape index (κ2) is 16.7. The van der Waals surface area contributed by atoms with Gasteiger partial charge in [-0.15, -0.1) is 11.8 Å². The average Bonchev–Trinajstić information content (AvgIpc) is 3.74. The molecule has 0 bridgehead atoms. The van der Waals surface area contributed by atoms with Crippen LogP contribution in [0.4, 0.5) is 10.2 Å². The highest BCUT2D eigenvalue weighted by molar-refractivity contribution is 7.99. The zero-order valence-electron chi connectivity index (χ0n) is 31.6. The molecule has 58 heavy (non-hydrogen) atoms. The SMILES string of the molecule is Nc1ncnc2c1c(-c1ccc(Oc3ccccc3)cc1)nn2[C@@H]1CCCN(C(=O)CCCCCCSc2cc(F)c3c(c2)C(=O)N(C2CCC(=O)NC2=O)C3=O)C1. The van der Waals surface area contributed by atoms with Gasteiger partial charge in [0.15, 0.2) is 5.65 Å². The molecule has 2 saturated heterocycles. The van der Waals surface area contributed by atoms with E-state index in [0.29, 0.717) is 58.5 Å². The van der Waals surface area contributed by atoms with Gasteiger partial charge in [-0.3, -0.25) is 34.2 Å². The zero-order valence-corrected chi connectivity index (χ0v) is 32.4. The van der Waals surface area contributed by atoms with Crippen LogP contribution in [0.25, 0.3) is 22.3 Å². The van der Waals surface area contributed by atoms with Crippen molar-refractivity contribution in [3.8, 4) is 22.8 Å². The van der Waals surface area contributed by atoms with E-state index < -0.39 is 35.5 Å². The van der Waals surface area contributed by atoms with Gasteiger partial charge in [0.2, 0.25) is 17.7 Å². The molecule has 2 atom stereocenters. The fraction of sp³-hybridized carbons (Fsp3) is 0.333. The third-order valence-corrected chi connectivity index (χ3v) is 11.8. The van der Waals surface area contributed by atoms with E-state index in [-0.39, 0.29) is 35.9 Å². The fourth-order valence-corrected chi connectivity index (χ4v) is 8.80. The number of nitrogens with two attached hydrogens (primary N) is 1. The Bertz CT molecular complexity index is 2410. The second-order valence-corrected chi connectivity index (χ2v) is 15.8. The van der Waals surface area contributed by atoms with Gasteiger partial charge in [0.25, 0.3) is 11.8 Å². The highest BCUT2D eigenvalue weighted by Crippen LogP contribution is 2.36. The minimum absolute atomic E-state index is 0.00217. The van der Waals surface area contributed by atoms with Crippen LogP contribution in [0.15, 0.2) is 78.0 Å². The molecular formula is C42H41FN8O6S. The Hall–Kier alpha value is -6.16. The van der Waals surface area contributed by atoms with Gasteiger partial charge in [-0.2, -0.15) is 5.10 Å². The minimum atomic E-state index is -1.15.